The summed E-state index contributed by atoms with van der Waals surface area (Å²) in [6, 6.07) is 15.9. The maximum Gasteiger partial charge on any atom is 0.243 e. The minimum atomic E-state index is -0.0469. The first kappa shape index (κ1) is 16.1. The molecule has 1 amide bonds. The second kappa shape index (κ2) is 6.65. The van der Waals surface area contributed by atoms with E-state index in [0.29, 0.717) is 0 Å². The van der Waals surface area contributed by atoms with Gasteiger partial charge < -0.3 is 10.6 Å². The number of benzene rings is 2. The average Bonchev–Trinajstić information content (AvgIpc) is 2.44. The summed E-state index contributed by atoms with van der Waals surface area (Å²) in [4.78, 5) is 12.1. The van der Waals surface area contributed by atoms with Crippen LogP contribution in [0.25, 0.3) is 0 Å². The summed E-state index contributed by atoms with van der Waals surface area (Å²) in [5.74, 6) is -0.0469. The summed E-state index contributed by atoms with van der Waals surface area (Å²) in [6.45, 7) is 8.76. The third-order valence-corrected chi connectivity index (χ3v) is 3.48. The minimum absolute atomic E-state index is 0.0383. The van der Waals surface area contributed by atoms with Crippen LogP contribution in [0, 0.1) is 6.92 Å². The Morgan fingerprint density at radius 1 is 1.05 bits per heavy atom. The molecule has 0 atom stereocenters. The van der Waals surface area contributed by atoms with Crippen molar-refractivity contribution >= 4 is 17.3 Å². The molecule has 0 radical (unpaired) electrons. The molecule has 0 heterocycles. The van der Waals surface area contributed by atoms with Crippen LogP contribution in [0.2, 0.25) is 0 Å². The van der Waals surface area contributed by atoms with Crippen LogP contribution >= 0.6 is 0 Å². The molecule has 0 saturated carbocycles. The number of rotatable bonds is 4. The van der Waals surface area contributed by atoms with Gasteiger partial charge in [0.25, 0.3) is 0 Å². The zero-order valence-corrected chi connectivity index (χ0v) is 13.7. The smallest absolute Gasteiger partial charge is 0.243 e. The lowest BCUT2D eigenvalue weighted by atomic mass is 9.86. The van der Waals surface area contributed by atoms with Crippen molar-refractivity contribution in [2.45, 2.75) is 33.1 Å². The molecule has 0 spiro atoms. The zero-order chi connectivity index (χ0) is 16.2. The molecule has 22 heavy (non-hydrogen) atoms. The van der Waals surface area contributed by atoms with Crippen LogP contribution in [0.3, 0.4) is 0 Å². The van der Waals surface area contributed by atoms with Gasteiger partial charge in [0.05, 0.1) is 6.54 Å². The van der Waals surface area contributed by atoms with E-state index in [-0.39, 0.29) is 17.9 Å². The van der Waals surface area contributed by atoms with Crippen LogP contribution in [0.1, 0.15) is 31.9 Å². The Hall–Kier alpha value is -2.29. The standard InChI is InChI=1S/C19H24N2O/c1-14-8-7-9-15(12-14)21-18(22)13-20-17-11-6-5-10-16(17)19(2,3)4/h5-12,20H,13H2,1-4H3,(H,21,22). The molecule has 0 aromatic heterocycles. The van der Waals surface area contributed by atoms with E-state index in [2.05, 4.69) is 37.5 Å². The molecule has 3 nitrogen and oxygen atoms in total. The number of carbonyl (C=O) groups excluding carboxylic acids is 1. The Morgan fingerprint density at radius 3 is 2.45 bits per heavy atom. The number of carbonyl (C=O) groups is 1. The monoisotopic (exact) mass is 296 g/mol. The number of anilines is 2. The molecule has 0 saturated heterocycles. The Kier molecular flexibility index (Phi) is 4.86. The maximum absolute atomic E-state index is 12.1. The third kappa shape index (κ3) is 4.35. The zero-order valence-electron chi connectivity index (χ0n) is 13.7. The van der Waals surface area contributed by atoms with Crippen LogP contribution in [-0.4, -0.2) is 12.5 Å². The van der Waals surface area contributed by atoms with Crippen molar-refractivity contribution in [2.75, 3.05) is 17.2 Å². The van der Waals surface area contributed by atoms with Gasteiger partial charge in [-0.1, -0.05) is 51.1 Å². The molecule has 0 fully saturated rings. The van der Waals surface area contributed by atoms with Gasteiger partial charge in [0.15, 0.2) is 0 Å². The SMILES string of the molecule is Cc1cccc(NC(=O)CNc2ccccc2C(C)(C)C)c1. The van der Waals surface area contributed by atoms with E-state index in [9.17, 15) is 4.79 Å². The van der Waals surface area contributed by atoms with Crippen LogP contribution in [0.15, 0.2) is 48.5 Å². The summed E-state index contributed by atoms with van der Waals surface area (Å²) >= 11 is 0. The lowest BCUT2D eigenvalue weighted by Crippen LogP contribution is -2.23. The molecule has 0 bridgehead atoms. The number of hydrogen-bond donors (Lipinski definition) is 2. The highest BCUT2D eigenvalue weighted by Crippen LogP contribution is 2.29. The molecule has 0 aliphatic carbocycles. The fourth-order valence-electron chi connectivity index (χ4n) is 2.39. The van der Waals surface area contributed by atoms with Crippen molar-refractivity contribution in [1.82, 2.24) is 0 Å². The fraction of sp³-hybridized carbons (Fsp3) is 0.316. The van der Waals surface area contributed by atoms with Gasteiger partial charge in [-0.3, -0.25) is 4.79 Å². The first-order valence-electron chi connectivity index (χ1n) is 7.56. The third-order valence-electron chi connectivity index (χ3n) is 3.48. The van der Waals surface area contributed by atoms with Gasteiger partial charge in [-0.05, 0) is 41.7 Å². The average molecular weight is 296 g/mol. The lowest BCUT2D eigenvalue weighted by molar-refractivity contribution is -0.114. The van der Waals surface area contributed by atoms with Crippen LogP contribution in [0.4, 0.5) is 11.4 Å². The van der Waals surface area contributed by atoms with Gasteiger partial charge in [-0.15, -0.1) is 0 Å². The summed E-state index contributed by atoms with van der Waals surface area (Å²) in [7, 11) is 0. The molecule has 2 aromatic rings. The predicted octanol–water partition coefficient (Wildman–Crippen LogP) is 4.34. The lowest BCUT2D eigenvalue weighted by Gasteiger charge is -2.23. The first-order chi connectivity index (χ1) is 10.4. The van der Waals surface area contributed by atoms with E-state index in [1.807, 2.05) is 49.4 Å². The second-order valence-corrected chi connectivity index (χ2v) is 6.57. The highest BCUT2D eigenvalue weighted by atomic mass is 16.1. The molecule has 3 heteroatoms. The van der Waals surface area contributed by atoms with E-state index in [0.717, 1.165) is 16.9 Å². The molecule has 0 aliphatic rings. The number of hydrogen-bond acceptors (Lipinski definition) is 2. The summed E-state index contributed by atoms with van der Waals surface area (Å²) < 4.78 is 0. The fourth-order valence-corrected chi connectivity index (χ4v) is 2.39. The van der Waals surface area contributed by atoms with Gasteiger partial charge in [0.2, 0.25) is 5.91 Å². The molecular formula is C19H24N2O. The molecule has 0 aliphatic heterocycles. The predicted molar refractivity (Wildman–Crippen MR) is 93.4 cm³/mol. The van der Waals surface area contributed by atoms with E-state index in [1.165, 1.54) is 5.56 Å². The van der Waals surface area contributed by atoms with Gasteiger partial charge in [-0.25, -0.2) is 0 Å². The minimum Gasteiger partial charge on any atom is -0.376 e. The maximum atomic E-state index is 12.1. The Bertz CT molecular complexity index is 656. The molecule has 2 aromatic carbocycles. The topological polar surface area (TPSA) is 41.1 Å². The highest BCUT2D eigenvalue weighted by Gasteiger charge is 2.17. The summed E-state index contributed by atoms with van der Waals surface area (Å²) in [6.07, 6.45) is 0. The Morgan fingerprint density at radius 2 is 1.77 bits per heavy atom. The van der Waals surface area contributed by atoms with E-state index < -0.39 is 0 Å². The summed E-state index contributed by atoms with van der Waals surface area (Å²) in [5, 5.41) is 6.15. The number of nitrogens with one attached hydrogen (secondary N) is 2. The molecule has 2 rings (SSSR count). The van der Waals surface area contributed by atoms with Crippen molar-refractivity contribution in [1.29, 1.82) is 0 Å². The Balaban J connectivity index is 2.00. The van der Waals surface area contributed by atoms with E-state index in [1.54, 1.807) is 0 Å². The molecule has 0 unspecified atom stereocenters. The number of amides is 1. The van der Waals surface area contributed by atoms with E-state index in [4.69, 9.17) is 0 Å². The Labute approximate surface area is 132 Å². The van der Waals surface area contributed by atoms with Crippen LogP contribution in [-0.2, 0) is 10.2 Å². The van der Waals surface area contributed by atoms with Crippen molar-refractivity contribution in [3.05, 3.63) is 59.7 Å². The van der Waals surface area contributed by atoms with Crippen LogP contribution in [0.5, 0.6) is 0 Å². The largest absolute Gasteiger partial charge is 0.376 e. The van der Waals surface area contributed by atoms with Gasteiger partial charge in [0.1, 0.15) is 0 Å². The van der Waals surface area contributed by atoms with Gasteiger partial charge in [0, 0.05) is 11.4 Å². The summed E-state index contributed by atoms with van der Waals surface area (Å²) in [5.41, 5.74) is 4.21. The molecule has 116 valence electrons. The first-order valence-corrected chi connectivity index (χ1v) is 7.56. The molecular weight excluding hydrogens is 272 g/mol. The van der Waals surface area contributed by atoms with E-state index >= 15 is 0 Å². The van der Waals surface area contributed by atoms with Crippen LogP contribution < -0.4 is 10.6 Å². The number of aryl methyl sites for hydroxylation is 1. The van der Waals surface area contributed by atoms with Crippen molar-refractivity contribution in [3.63, 3.8) is 0 Å². The van der Waals surface area contributed by atoms with Crippen molar-refractivity contribution < 1.29 is 4.79 Å². The highest BCUT2D eigenvalue weighted by molar-refractivity contribution is 5.93. The second-order valence-electron chi connectivity index (χ2n) is 6.57. The number of para-hydroxylation sites is 1. The quantitative estimate of drug-likeness (QED) is 0.881. The normalized spacial score (nSPS) is 11.1. The van der Waals surface area contributed by atoms with Crippen molar-refractivity contribution in [2.24, 2.45) is 0 Å². The van der Waals surface area contributed by atoms with Crippen molar-refractivity contribution in [3.8, 4) is 0 Å². The molecule has 2 N–H and O–H groups in total. The van der Waals surface area contributed by atoms with Gasteiger partial charge in [-0.2, -0.15) is 0 Å². The van der Waals surface area contributed by atoms with Gasteiger partial charge >= 0.3 is 0 Å².